The van der Waals surface area contributed by atoms with Gasteiger partial charge < -0.3 is 35.7 Å². The summed E-state index contributed by atoms with van der Waals surface area (Å²) in [6.45, 7) is 12.9. The largest absolute Gasteiger partial charge is 0.480 e. The van der Waals surface area contributed by atoms with Gasteiger partial charge in [-0.1, -0.05) is 51.0 Å². The zero-order chi connectivity index (χ0) is 47.7. The molecule has 11 unspecified atom stereocenters. The van der Waals surface area contributed by atoms with E-state index in [1.807, 2.05) is 24.9 Å². The maximum absolute atomic E-state index is 13.4. The average molecular weight is 919 g/mol. The molecule has 364 valence electrons. The molecule has 0 radical (unpaired) electrons. The van der Waals surface area contributed by atoms with Gasteiger partial charge in [-0.15, -0.1) is 5.92 Å². The standard InChI is InChI=1S/C57H78N2O8/c1-7-24-57(67)26-23-45-42-16-12-35-27-38(60)15-17-41(35)51(42)44(31-56(45,57)5)34-10-13-37(14-11-34)59(6)33(3)9-20-47(54(65)66)58-50(64)21-8-32(2)40-18-19-43-52(40)49(63)30-46-53(43)48(62)29-36-28-39(61)22-25-55(36,46)4/h10-11,13-14,27,32,36,39-40,42-49,52-53,61-63,67H,3,8-9,12,15-23,25-26,28-31H2,1-2,4-6H3,(H,58,64)(H,65,66)/t32-,36?,39-,40?,42?,43?,44-,45?,46?,47+,48?,49?,52?,53?,55?,56+,57+/m1/s1. The first-order chi connectivity index (χ1) is 31.9. The highest BCUT2D eigenvalue weighted by atomic mass is 16.4. The molecule has 67 heavy (non-hydrogen) atoms. The van der Waals surface area contributed by atoms with Crippen molar-refractivity contribution in [2.24, 2.45) is 64.1 Å². The van der Waals surface area contributed by atoms with Crippen LogP contribution in [0.2, 0.25) is 0 Å². The van der Waals surface area contributed by atoms with Crippen molar-refractivity contribution in [1.82, 2.24) is 5.32 Å². The van der Waals surface area contributed by atoms with E-state index in [2.05, 4.69) is 68.8 Å². The molecule has 9 rings (SSSR count). The Morgan fingerprint density at radius 1 is 0.910 bits per heavy atom. The Kier molecular flexibility index (Phi) is 13.4. The Hall–Kier alpha value is -3.75. The number of carbonyl (C=O) groups excluding carboxylic acids is 2. The molecule has 8 aliphatic rings. The molecule has 1 aromatic rings. The molecule has 6 fully saturated rings. The van der Waals surface area contributed by atoms with Gasteiger partial charge in [0, 0.05) is 42.6 Å². The number of nitrogens with one attached hydrogen (secondary N) is 1. The number of carboxylic acids is 1. The van der Waals surface area contributed by atoms with Gasteiger partial charge in [0.2, 0.25) is 5.91 Å². The SMILES string of the molecule is C=C(CC[C@H](NC(=O)CC[C@@H](C)C1CCC2C1C(O)CC1C2C(O)CC2C[C@H](O)CCC21C)C(=O)O)N(C)c1ccc([C@H]2C[C@@]3(C)C(CC[C@@]3(O)C#CC)C3CCC4=CC(=O)CCC4=C32)cc1. The highest BCUT2D eigenvalue weighted by Gasteiger charge is 2.64. The summed E-state index contributed by atoms with van der Waals surface area (Å²) < 4.78 is 0. The second-order valence-corrected chi connectivity index (χ2v) is 23.4. The fourth-order valence-electron chi connectivity index (χ4n) is 16.7. The number of ketones is 1. The van der Waals surface area contributed by atoms with E-state index in [9.17, 15) is 39.9 Å². The van der Waals surface area contributed by atoms with Gasteiger partial charge in [0.05, 0.1) is 18.3 Å². The van der Waals surface area contributed by atoms with Gasteiger partial charge in [-0.2, -0.15) is 0 Å². The number of aliphatic hydroxyl groups excluding tert-OH is 3. The van der Waals surface area contributed by atoms with Gasteiger partial charge in [0.1, 0.15) is 11.6 Å². The number of aliphatic hydroxyl groups is 4. The van der Waals surface area contributed by atoms with Gasteiger partial charge in [-0.25, -0.2) is 4.79 Å². The molecule has 10 heteroatoms. The third kappa shape index (κ3) is 8.48. The average Bonchev–Trinajstić information content (AvgIpc) is 3.86. The number of benzene rings is 1. The Morgan fingerprint density at radius 2 is 1.66 bits per heavy atom. The number of nitrogens with zero attached hydrogens (tertiary/aromatic N) is 1. The molecule has 17 atom stereocenters. The summed E-state index contributed by atoms with van der Waals surface area (Å²) in [5.41, 5.74) is 5.49. The van der Waals surface area contributed by atoms with Crippen LogP contribution in [-0.4, -0.2) is 80.2 Å². The summed E-state index contributed by atoms with van der Waals surface area (Å²) in [5.74, 6) is 7.33. The second kappa shape index (κ2) is 18.5. The smallest absolute Gasteiger partial charge is 0.326 e. The minimum absolute atomic E-state index is 0.0279. The second-order valence-electron chi connectivity index (χ2n) is 23.4. The minimum atomic E-state index is -1.08. The minimum Gasteiger partial charge on any atom is -0.480 e. The third-order valence-corrected chi connectivity index (χ3v) is 20.3. The van der Waals surface area contributed by atoms with Crippen molar-refractivity contribution < 1.29 is 39.9 Å². The first kappa shape index (κ1) is 48.3. The molecule has 0 heterocycles. The van der Waals surface area contributed by atoms with E-state index in [1.54, 1.807) is 0 Å². The van der Waals surface area contributed by atoms with E-state index in [0.29, 0.717) is 43.9 Å². The lowest BCUT2D eigenvalue weighted by atomic mass is 9.45. The summed E-state index contributed by atoms with van der Waals surface area (Å²) in [4.78, 5) is 40.4. The Bertz CT molecular complexity index is 2240. The number of hydrogen-bond donors (Lipinski definition) is 6. The first-order valence-electron chi connectivity index (χ1n) is 26.1. The molecule has 6 saturated carbocycles. The van der Waals surface area contributed by atoms with Crippen molar-refractivity contribution in [3.05, 3.63) is 64.9 Å². The number of carbonyl (C=O) groups is 3. The number of rotatable bonds is 12. The van der Waals surface area contributed by atoms with Crippen LogP contribution in [0.5, 0.6) is 0 Å². The van der Waals surface area contributed by atoms with E-state index in [1.165, 1.54) is 22.3 Å². The lowest BCUT2D eigenvalue weighted by molar-refractivity contribution is -0.181. The van der Waals surface area contributed by atoms with Crippen molar-refractivity contribution in [1.29, 1.82) is 0 Å². The van der Waals surface area contributed by atoms with Crippen LogP contribution in [-0.2, 0) is 14.4 Å². The summed E-state index contributed by atoms with van der Waals surface area (Å²) in [7, 11) is 1.93. The summed E-state index contributed by atoms with van der Waals surface area (Å²) in [5, 5.41) is 58.9. The van der Waals surface area contributed by atoms with Crippen LogP contribution < -0.4 is 10.2 Å². The molecular formula is C57H78N2O8. The molecule has 6 N–H and O–H groups in total. The maximum atomic E-state index is 13.4. The van der Waals surface area contributed by atoms with Gasteiger partial charge in [0.15, 0.2) is 5.78 Å². The number of aliphatic carboxylic acids is 1. The molecule has 1 aromatic carbocycles. The van der Waals surface area contributed by atoms with Gasteiger partial charge in [-0.05, 0) is 203 Å². The lowest BCUT2D eigenvalue weighted by Crippen LogP contribution is -2.59. The molecule has 8 aliphatic carbocycles. The zero-order valence-corrected chi connectivity index (χ0v) is 40.8. The van der Waals surface area contributed by atoms with Crippen LogP contribution in [0.25, 0.3) is 0 Å². The monoisotopic (exact) mass is 919 g/mol. The highest BCUT2D eigenvalue weighted by molar-refractivity contribution is 5.93. The van der Waals surface area contributed by atoms with E-state index < -0.39 is 29.8 Å². The molecule has 0 spiro atoms. The fourth-order valence-corrected chi connectivity index (χ4v) is 16.7. The van der Waals surface area contributed by atoms with Crippen molar-refractivity contribution in [2.75, 3.05) is 11.9 Å². The molecule has 1 amide bonds. The highest BCUT2D eigenvalue weighted by Crippen LogP contribution is 2.67. The van der Waals surface area contributed by atoms with Crippen LogP contribution >= 0.6 is 0 Å². The summed E-state index contributed by atoms with van der Waals surface area (Å²) >= 11 is 0. The first-order valence-corrected chi connectivity index (χ1v) is 26.1. The van der Waals surface area contributed by atoms with Gasteiger partial charge in [-0.3, -0.25) is 9.59 Å². The molecular weight excluding hydrogens is 841 g/mol. The number of anilines is 1. The number of amides is 1. The summed E-state index contributed by atoms with van der Waals surface area (Å²) in [6.07, 6.45) is 13.5. The van der Waals surface area contributed by atoms with Crippen molar-refractivity contribution in [2.45, 2.75) is 179 Å². The zero-order valence-electron chi connectivity index (χ0n) is 40.8. The van der Waals surface area contributed by atoms with Crippen LogP contribution in [0.4, 0.5) is 5.69 Å². The molecule has 10 nitrogen and oxygen atoms in total. The van der Waals surface area contributed by atoms with E-state index >= 15 is 0 Å². The van der Waals surface area contributed by atoms with E-state index in [4.69, 9.17) is 0 Å². The molecule has 0 saturated heterocycles. The third-order valence-electron chi connectivity index (χ3n) is 20.3. The predicted octanol–water partition coefficient (Wildman–Crippen LogP) is 8.63. The predicted molar refractivity (Wildman–Crippen MR) is 259 cm³/mol. The van der Waals surface area contributed by atoms with Gasteiger partial charge >= 0.3 is 5.97 Å². The van der Waals surface area contributed by atoms with Crippen molar-refractivity contribution >= 4 is 23.3 Å². The van der Waals surface area contributed by atoms with Crippen LogP contribution in [0, 0.1) is 75.9 Å². The summed E-state index contributed by atoms with van der Waals surface area (Å²) in [6, 6.07) is 7.49. The number of allylic oxidation sites excluding steroid dienone is 5. The molecule has 0 aliphatic heterocycles. The fraction of sp³-hybridized carbons (Fsp3) is 0.702. The topological polar surface area (TPSA) is 168 Å². The van der Waals surface area contributed by atoms with Crippen molar-refractivity contribution in [3.8, 4) is 11.8 Å². The Morgan fingerprint density at radius 3 is 2.39 bits per heavy atom. The van der Waals surface area contributed by atoms with Crippen molar-refractivity contribution in [3.63, 3.8) is 0 Å². The number of fused-ring (bicyclic) bond motifs is 9. The maximum Gasteiger partial charge on any atom is 0.326 e. The number of carboxylic acid groups (broad SMARTS) is 1. The Balaban J connectivity index is 0.806. The van der Waals surface area contributed by atoms with E-state index in [-0.39, 0.29) is 88.8 Å². The van der Waals surface area contributed by atoms with Gasteiger partial charge in [0.25, 0.3) is 0 Å². The molecule has 0 aromatic heterocycles. The van der Waals surface area contributed by atoms with Crippen LogP contribution in [0.1, 0.15) is 155 Å². The van der Waals surface area contributed by atoms with Crippen LogP contribution in [0.3, 0.4) is 0 Å². The quantitative estimate of drug-likeness (QED) is 0.113. The lowest BCUT2D eigenvalue weighted by Gasteiger charge is -2.61. The number of hydrogen-bond acceptors (Lipinski definition) is 8. The van der Waals surface area contributed by atoms with Crippen LogP contribution in [0.15, 0.2) is 59.3 Å². The molecule has 0 bridgehead atoms. The Labute approximate surface area is 399 Å². The van der Waals surface area contributed by atoms with E-state index in [0.717, 1.165) is 82.0 Å². The normalized spacial score (nSPS) is 40.6.